The molecule has 0 aliphatic heterocycles. The average molecular weight is 445 g/mol. The van der Waals surface area contributed by atoms with E-state index in [0.29, 0.717) is 27.9 Å². The van der Waals surface area contributed by atoms with Crippen LogP contribution in [-0.2, 0) is 27.6 Å². The Labute approximate surface area is 176 Å². The van der Waals surface area contributed by atoms with Gasteiger partial charge >= 0.3 is 5.97 Å². The Morgan fingerprint density at radius 1 is 1.20 bits per heavy atom. The number of nitrogens with zero attached hydrogens (tertiary/aromatic N) is 2. The molecule has 0 spiro atoms. The number of carboxylic acid groups (broad SMARTS) is 1. The number of sulfone groups is 1. The van der Waals surface area contributed by atoms with Gasteiger partial charge in [-0.05, 0) is 42.8 Å². The van der Waals surface area contributed by atoms with Crippen molar-refractivity contribution >= 4 is 38.0 Å². The monoisotopic (exact) mass is 444 g/mol. The topological polar surface area (TPSA) is 89.3 Å². The van der Waals surface area contributed by atoms with Gasteiger partial charge in [0.25, 0.3) is 0 Å². The van der Waals surface area contributed by atoms with Crippen molar-refractivity contribution in [2.45, 2.75) is 29.0 Å². The van der Waals surface area contributed by atoms with Crippen LogP contribution in [0, 0.1) is 12.7 Å². The highest BCUT2D eigenvalue weighted by molar-refractivity contribution is 7.93. The Morgan fingerprint density at radius 3 is 2.63 bits per heavy atom. The standard InChI is InChI=1S/C21H17FN2O4S2/c1-13-16(17-9-14(22)7-8-19(17)24(13)11-20(25)26)10-18-21(29-12-23-18)30(27,28)15-5-3-2-4-6-15/h2-9,12H,10-11H2,1H3,(H,25,26). The maximum absolute atomic E-state index is 14.0. The van der Waals surface area contributed by atoms with Crippen molar-refractivity contribution < 1.29 is 22.7 Å². The van der Waals surface area contributed by atoms with E-state index in [0.717, 1.165) is 11.3 Å². The zero-order chi connectivity index (χ0) is 21.5. The minimum atomic E-state index is -3.75. The van der Waals surface area contributed by atoms with E-state index in [2.05, 4.69) is 4.98 Å². The van der Waals surface area contributed by atoms with Crippen LogP contribution in [0.25, 0.3) is 10.9 Å². The molecule has 1 N–H and O–H groups in total. The van der Waals surface area contributed by atoms with Gasteiger partial charge in [0.15, 0.2) is 0 Å². The lowest BCUT2D eigenvalue weighted by Crippen LogP contribution is -2.10. The number of carboxylic acids is 1. The number of fused-ring (bicyclic) bond motifs is 1. The van der Waals surface area contributed by atoms with E-state index < -0.39 is 21.6 Å². The summed E-state index contributed by atoms with van der Waals surface area (Å²) in [5, 5.41) is 9.81. The average Bonchev–Trinajstić information content (AvgIpc) is 3.28. The Kier molecular flexibility index (Phi) is 5.17. The van der Waals surface area contributed by atoms with E-state index in [-0.39, 0.29) is 22.1 Å². The van der Waals surface area contributed by atoms with E-state index >= 15 is 0 Å². The molecule has 4 rings (SSSR count). The van der Waals surface area contributed by atoms with Crippen molar-refractivity contribution in [3.63, 3.8) is 0 Å². The largest absolute Gasteiger partial charge is 0.480 e. The van der Waals surface area contributed by atoms with E-state index in [1.54, 1.807) is 29.7 Å². The summed E-state index contributed by atoms with van der Waals surface area (Å²) in [4.78, 5) is 15.8. The van der Waals surface area contributed by atoms with Gasteiger partial charge in [-0.3, -0.25) is 4.79 Å². The zero-order valence-corrected chi connectivity index (χ0v) is 17.5. The third-order valence-corrected chi connectivity index (χ3v) is 8.18. The quantitative estimate of drug-likeness (QED) is 0.485. The number of hydrogen-bond donors (Lipinski definition) is 1. The fourth-order valence-corrected chi connectivity index (χ4v) is 6.18. The van der Waals surface area contributed by atoms with E-state index in [9.17, 15) is 22.7 Å². The van der Waals surface area contributed by atoms with Crippen molar-refractivity contribution in [1.82, 2.24) is 9.55 Å². The first kappa shape index (κ1) is 20.2. The molecule has 0 fully saturated rings. The summed E-state index contributed by atoms with van der Waals surface area (Å²) in [6, 6.07) is 12.2. The van der Waals surface area contributed by atoms with Gasteiger partial charge in [0.05, 0.1) is 16.1 Å². The summed E-state index contributed by atoms with van der Waals surface area (Å²) in [5.74, 6) is -1.47. The van der Waals surface area contributed by atoms with Crippen molar-refractivity contribution in [3.05, 3.63) is 76.8 Å². The second kappa shape index (κ2) is 7.66. The molecule has 4 aromatic rings. The van der Waals surface area contributed by atoms with Crippen LogP contribution in [0.1, 0.15) is 17.0 Å². The molecule has 9 heteroatoms. The number of rotatable bonds is 6. The molecule has 2 aromatic heterocycles. The Balaban J connectivity index is 1.84. The van der Waals surface area contributed by atoms with E-state index in [1.165, 1.54) is 35.8 Å². The van der Waals surface area contributed by atoms with Crippen LogP contribution in [-0.4, -0.2) is 29.0 Å². The minimum absolute atomic E-state index is 0.128. The van der Waals surface area contributed by atoms with Gasteiger partial charge in [0.1, 0.15) is 16.6 Å². The smallest absolute Gasteiger partial charge is 0.323 e. The van der Waals surface area contributed by atoms with E-state index in [1.807, 2.05) is 0 Å². The first-order chi connectivity index (χ1) is 14.3. The lowest BCUT2D eigenvalue weighted by Gasteiger charge is -2.07. The van der Waals surface area contributed by atoms with Gasteiger partial charge < -0.3 is 9.67 Å². The van der Waals surface area contributed by atoms with Crippen LogP contribution in [0.4, 0.5) is 4.39 Å². The summed E-state index contributed by atoms with van der Waals surface area (Å²) >= 11 is 1.03. The molecule has 6 nitrogen and oxygen atoms in total. The summed E-state index contributed by atoms with van der Waals surface area (Å²) in [6.07, 6.45) is 0.142. The van der Waals surface area contributed by atoms with Crippen LogP contribution in [0.3, 0.4) is 0 Å². The number of halogens is 1. The Hall–Kier alpha value is -3.04. The first-order valence-electron chi connectivity index (χ1n) is 9.00. The van der Waals surface area contributed by atoms with Crippen LogP contribution in [0.15, 0.2) is 63.1 Å². The highest BCUT2D eigenvalue weighted by Gasteiger charge is 2.26. The van der Waals surface area contributed by atoms with Crippen molar-refractivity contribution in [2.75, 3.05) is 0 Å². The van der Waals surface area contributed by atoms with Crippen LogP contribution in [0.2, 0.25) is 0 Å². The highest BCUT2D eigenvalue weighted by Crippen LogP contribution is 2.33. The number of hydrogen-bond acceptors (Lipinski definition) is 5. The molecule has 0 aliphatic rings. The predicted octanol–water partition coefficient (Wildman–Crippen LogP) is 4.05. The highest BCUT2D eigenvalue weighted by atomic mass is 32.2. The number of aromatic nitrogens is 2. The normalized spacial score (nSPS) is 11.8. The fraction of sp³-hybridized carbons (Fsp3) is 0.143. The van der Waals surface area contributed by atoms with Crippen LogP contribution < -0.4 is 0 Å². The molecular weight excluding hydrogens is 427 g/mol. The van der Waals surface area contributed by atoms with Crippen molar-refractivity contribution in [2.24, 2.45) is 0 Å². The molecule has 0 atom stereocenters. The number of carbonyl (C=O) groups is 1. The molecule has 2 aromatic carbocycles. The molecule has 2 heterocycles. The predicted molar refractivity (Wildman–Crippen MR) is 111 cm³/mol. The van der Waals surface area contributed by atoms with Gasteiger partial charge in [-0.25, -0.2) is 17.8 Å². The lowest BCUT2D eigenvalue weighted by atomic mass is 10.1. The summed E-state index contributed by atoms with van der Waals surface area (Å²) in [5.41, 5.74) is 3.69. The van der Waals surface area contributed by atoms with Gasteiger partial charge in [-0.15, -0.1) is 11.3 Å². The van der Waals surface area contributed by atoms with Crippen molar-refractivity contribution in [3.8, 4) is 0 Å². The molecule has 0 aliphatic carbocycles. The Bertz CT molecular complexity index is 1360. The van der Waals surface area contributed by atoms with Gasteiger partial charge in [-0.1, -0.05) is 18.2 Å². The molecule has 154 valence electrons. The molecule has 0 amide bonds. The number of thiazole rings is 1. The summed E-state index contributed by atoms with van der Waals surface area (Å²) in [7, 11) is -3.75. The second-order valence-electron chi connectivity index (χ2n) is 6.79. The molecule has 0 radical (unpaired) electrons. The fourth-order valence-electron chi connectivity index (χ4n) is 3.55. The first-order valence-corrected chi connectivity index (χ1v) is 11.4. The molecule has 0 saturated carbocycles. The molecule has 0 bridgehead atoms. The lowest BCUT2D eigenvalue weighted by molar-refractivity contribution is -0.137. The van der Waals surface area contributed by atoms with Crippen LogP contribution >= 0.6 is 11.3 Å². The molecule has 30 heavy (non-hydrogen) atoms. The van der Waals surface area contributed by atoms with Crippen molar-refractivity contribution in [1.29, 1.82) is 0 Å². The van der Waals surface area contributed by atoms with Gasteiger partial charge in [-0.2, -0.15) is 0 Å². The van der Waals surface area contributed by atoms with E-state index in [4.69, 9.17) is 0 Å². The van der Waals surface area contributed by atoms with Gasteiger partial charge in [0, 0.05) is 23.0 Å². The SMILES string of the molecule is Cc1c(Cc2ncsc2S(=O)(=O)c2ccccc2)c2cc(F)ccc2n1CC(=O)O. The third kappa shape index (κ3) is 3.50. The molecular formula is C21H17FN2O4S2. The molecule has 0 saturated heterocycles. The van der Waals surface area contributed by atoms with Gasteiger partial charge in [0.2, 0.25) is 9.84 Å². The number of aliphatic carboxylic acids is 1. The zero-order valence-electron chi connectivity index (χ0n) is 15.9. The second-order valence-corrected chi connectivity index (χ2v) is 9.78. The summed E-state index contributed by atoms with van der Waals surface area (Å²) < 4.78 is 41.8. The van der Waals surface area contributed by atoms with Crippen LogP contribution in [0.5, 0.6) is 0 Å². The molecule has 0 unspecified atom stereocenters. The third-order valence-electron chi connectivity index (χ3n) is 4.96. The maximum Gasteiger partial charge on any atom is 0.323 e. The summed E-state index contributed by atoms with van der Waals surface area (Å²) in [6.45, 7) is 1.47. The Morgan fingerprint density at radius 2 is 1.93 bits per heavy atom. The maximum atomic E-state index is 14.0. The minimum Gasteiger partial charge on any atom is -0.480 e. The number of benzene rings is 2.